The molecule has 0 heterocycles. The summed E-state index contributed by atoms with van der Waals surface area (Å²) in [6, 6.07) is 10.8. The van der Waals surface area contributed by atoms with Crippen LogP contribution >= 0.6 is 0 Å². The van der Waals surface area contributed by atoms with Gasteiger partial charge in [0.1, 0.15) is 0 Å². The summed E-state index contributed by atoms with van der Waals surface area (Å²) in [5, 5.41) is 6.52. The minimum atomic E-state index is 0.0458. The summed E-state index contributed by atoms with van der Waals surface area (Å²) < 4.78 is 0. The first kappa shape index (κ1) is 17.7. The molecule has 3 heteroatoms. The van der Waals surface area contributed by atoms with E-state index in [-0.39, 0.29) is 17.2 Å². The van der Waals surface area contributed by atoms with Crippen LogP contribution in [0.15, 0.2) is 30.3 Å². The average Bonchev–Trinajstić information content (AvgIpc) is 2.41. The predicted octanol–water partition coefficient (Wildman–Crippen LogP) is 3.53. The zero-order valence-electron chi connectivity index (χ0n) is 14.1. The van der Waals surface area contributed by atoms with Crippen LogP contribution in [0.1, 0.15) is 52.6 Å². The first-order valence-corrected chi connectivity index (χ1v) is 7.85. The van der Waals surface area contributed by atoms with Gasteiger partial charge in [0.25, 0.3) is 0 Å². The van der Waals surface area contributed by atoms with Crippen LogP contribution in [0.25, 0.3) is 0 Å². The summed E-state index contributed by atoms with van der Waals surface area (Å²) in [5.74, 6) is 0.161. The van der Waals surface area contributed by atoms with Crippen molar-refractivity contribution >= 4 is 5.91 Å². The second-order valence-electron chi connectivity index (χ2n) is 7.13. The van der Waals surface area contributed by atoms with E-state index in [1.54, 1.807) is 0 Å². The van der Waals surface area contributed by atoms with Crippen LogP contribution in [0.4, 0.5) is 0 Å². The van der Waals surface area contributed by atoms with E-state index in [4.69, 9.17) is 0 Å². The van der Waals surface area contributed by atoms with Crippen LogP contribution in [0.5, 0.6) is 0 Å². The van der Waals surface area contributed by atoms with E-state index in [2.05, 4.69) is 55.7 Å². The number of rotatable bonds is 7. The Bertz CT molecular complexity index is 421. The van der Waals surface area contributed by atoms with E-state index in [1.165, 1.54) is 5.56 Å². The van der Waals surface area contributed by atoms with Gasteiger partial charge >= 0.3 is 0 Å². The third kappa shape index (κ3) is 7.28. The van der Waals surface area contributed by atoms with Crippen molar-refractivity contribution in [3.63, 3.8) is 0 Å². The lowest BCUT2D eigenvalue weighted by molar-refractivity contribution is -0.123. The van der Waals surface area contributed by atoms with Gasteiger partial charge in [-0.1, -0.05) is 65.0 Å². The molecule has 118 valence electrons. The van der Waals surface area contributed by atoms with Crippen LogP contribution in [-0.4, -0.2) is 19.0 Å². The molecule has 0 saturated heterocycles. The van der Waals surface area contributed by atoms with E-state index >= 15 is 0 Å². The minimum Gasteiger partial charge on any atom is -0.355 e. The molecule has 0 saturated carbocycles. The molecule has 1 aromatic rings. The van der Waals surface area contributed by atoms with Crippen LogP contribution in [-0.2, 0) is 4.79 Å². The zero-order chi connectivity index (χ0) is 15.9. The van der Waals surface area contributed by atoms with E-state index in [9.17, 15) is 4.79 Å². The molecule has 1 unspecified atom stereocenters. The number of carbonyl (C=O) groups excluding carboxylic acids is 1. The van der Waals surface area contributed by atoms with E-state index in [1.807, 2.05) is 19.9 Å². The average molecular weight is 290 g/mol. The Labute approximate surface area is 129 Å². The second kappa shape index (κ2) is 8.18. The van der Waals surface area contributed by atoms with E-state index < -0.39 is 0 Å². The van der Waals surface area contributed by atoms with Crippen molar-refractivity contribution in [2.75, 3.05) is 13.1 Å². The van der Waals surface area contributed by atoms with Crippen molar-refractivity contribution in [1.29, 1.82) is 0 Å². The zero-order valence-corrected chi connectivity index (χ0v) is 14.1. The number of nitrogens with one attached hydrogen (secondary N) is 2. The van der Waals surface area contributed by atoms with Gasteiger partial charge in [0, 0.05) is 25.0 Å². The Kier molecular flexibility index (Phi) is 6.90. The molecular formula is C18H30N2O. The molecular weight excluding hydrogens is 260 g/mol. The lowest BCUT2D eigenvalue weighted by Crippen LogP contribution is -2.36. The third-order valence-electron chi connectivity index (χ3n) is 3.36. The van der Waals surface area contributed by atoms with Crippen LogP contribution in [0.2, 0.25) is 0 Å². The molecule has 0 aliphatic heterocycles. The quantitative estimate of drug-likeness (QED) is 0.754. The Morgan fingerprint density at radius 1 is 1.10 bits per heavy atom. The molecule has 3 nitrogen and oxygen atoms in total. The number of carbonyl (C=O) groups is 1. The lowest BCUT2D eigenvalue weighted by atomic mass is 9.85. The van der Waals surface area contributed by atoms with Crippen LogP contribution in [0.3, 0.4) is 0 Å². The molecule has 0 aliphatic carbocycles. The SMILES string of the molecule is CC(C)C(=O)NCCNC(CC(C)(C)C)c1ccccc1. The number of hydrogen-bond acceptors (Lipinski definition) is 2. The first-order chi connectivity index (χ1) is 9.79. The van der Waals surface area contributed by atoms with Gasteiger partial charge in [-0.3, -0.25) is 4.79 Å². The normalized spacial score (nSPS) is 13.2. The smallest absolute Gasteiger partial charge is 0.222 e. The second-order valence-corrected chi connectivity index (χ2v) is 7.13. The first-order valence-electron chi connectivity index (χ1n) is 7.85. The number of hydrogen-bond donors (Lipinski definition) is 2. The summed E-state index contributed by atoms with van der Waals surface area (Å²) in [5.41, 5.74) is 1.57. The topological polar surface area (TPSA) is 41.1 Å². The Morgan fingerprint density at radius 3 is 2.24 bits per heavy atom. The lowest BCUT2D eigenvalue weighted by Gasteiger charge is -2.27. The molecule has 0 spiro atoms. The molecule has 1 atom stereocenters. The third-order valence-corrected chi connectivity index (χ3v) is 3.36. The molecule has 1 amide bonds. The van der Waals surface area contributed by atoms with Gasteiger partial charge in [-0.25, -0.2) is 0 Å². The van der Waals surface area contributed by atoms with Crippen molar-refractivity contribution in [3.05, 3.63) is 35.9 Å². The van der Waals surface area contributed by atoms with Gasteiger partial charge in [0.15, 0.2) is 0 Å². The van der Waals surface area contributed by atoms with Gasteiger partial charge in [0.2, 0.25) is 5.91 Å². The van der Waals surface area contributed by atoms with E-state index in [0.717, 1.165) is 13.0 Å². The maximum atomic E-state index is 11.5. The summed E-state index contributed by atoms with van der Waals surface area (Å²) in [4.78, 5) is 11.5. The summed E-state index contributed by atoms with van der Waals surface area (Å²) >= 11 is 0. The maximum Gasteiger partial charge on any atom is 0.222 e. The highest BCUT2D eigenvalue weighted by Crippen LogP contribution is 2.29. The van der Waals surface area contributed by atoms with Crippen molar-refractivity contribution < 1.29 is 4.79 Å². The molecule has 0 bridgehead atoms. The molecule has 0 aromatic heterocycles. The standard InChI is InChI=1S/C18H30N2O/c1-14(2)17(21)20-12-11-19-16(13-18(3,4)5)15-9-7-6-8-10-15/h6-10,14,16,19H,11-13H2,1-5H3,(H,20,21). The van der Waals surface area contributed by atoms with E-state index in [0.29, 0.717) is 12.6 Å². The Hall–Kier alpha value is -1.35. The molecule has 2 N–H and O–H groups in total. The Balaban J connectivity index is 2.53. The van der Waals surface area contributed by atoms with Gasteiger partial charge in [-0.2, -0.15) is 0 Å². The fourth-order valence-corrected chi connectivity index (χ4v) is 2.24. The molecule has 1 aromatic carbocycles. The number of benzene rings is 1. The fourth-order valence-electron chi connectivity index (χ4n) is 2.24. The van der Waals surface area contributed by atoms with Crippen molar-refractivity contribution in [3.8, 4) is 0 Å². The molecule has 0 aliphatic rings. The summed E-state index contributed by atoms with van der Waals surface area (Å²) in [7, 11) is 0. The minimum absolute atomic E-state index is 0.0458. The summed E-state index contributed by atoms with van der Waals surface area (Å²) in [6.07, 6.45) is 1.06. The van der Waals surface area contributed by atoms with Crippen LogP contribution in [0, 0.1) is 11.3 Å². The monoisotopic (exact) mass is 290 g/mol. The highest BCUT2D eigenvalue weighted by molar-refractivity contribution is 5.77. The van der Waals surface area contributed by atoms with Crippen molar-refractivity contribution in [2.24, 2.45) is 11.3 Å². The van der Waals surface area contributed by atoms with Crippen LogP contribution < -0.4 is 10.6 Å². The molecule has 21 heavy (non-hydrogen) atoms. The molecule has 0 radical (unpaired) electrons. The molecule has 1 rings (SSSR count). The Morgan fingerprint density at radius 2 is 1.71 bits per heavy atom. The maximum absolute atomic E-state index is 11.5. The summed E-state index contributed by atoms with van der Waals surface area (Å²) in [6.45, 7) is 12.0. The molecule has 0 fully saturated rings. The van der Waals surface area contributed by atoms with Crippen molar-refractivity contribution in [2.45, 2.75) is 47.1 Å². The fraction of sp³-hybridized carbons (Fsp3) is 0.611. The largest absolute Gasteiger partial charge is 0.355 e. The predicted molar refractivity (Wildman–Crippen MR) is 89.1 cm³/mol. The van der Waals surface area contributed by atoms with Gasteiger partial charge in [-0.05, 0) is 17.4 Å². The van der Waals surface area contributed by atoms with Gasteiger partial charge in [0.05, 0.1) is 0 Å². The highest BCUT2D eigenvalue weighted by Gasteiger charge is 2.19. The number of amides is 1. The van der Waals surface area contributed by atoms with Crippen molar-refractivity contribution in [1.82, 2.24) is 10.6 Å². The highest BCUT2D eigenvalue weighted by atomic mass is 16.1. The van der Waals surface area contributed by atoms with Gasteiger partial charge in [-0.15, -0.1) is 0 Å². The van der Waals surface area contributed by atoms with Gasteiger partial charge < -0.3 is 10.6 Å².